The van der Waals surface area contributed by atoms with E-state index >= 15 is 0 Å². The minimum Gasteiger partial charge on any atom is -0.461 e. The van der Waals surface area contributed by atoms with Crippen LogP contribution in [0.4, 0.5) is 0 Å². The number of carbonyl (C=O) groups is 1. The Morgan fingerprint density at radius 2 is 2.00 bits per heavy atom. The summed E-state index contributed by atoms with van der Waals surface area (Å²) >= 11 is 6.17. The van der Waals surface area contributed by atoms with Gasteiger partial charge in [0.25, 0.3) is 0 Å². The van der Waals surface area contributed by atoms with Crippen molar-refractivity contribution >= 4 is 17.6 Å². The van der Waals surface area contributed by atoms with Crippen molar-refractivity contribution in [2.24, 2.45) is 5.92 Å². The van der Waals surface area contributed by atoms with Crippen LogP contribution in [-0.4, -0.2) is 12.6 Å². The number of ether oxygens (including phenoxy) is 1. The van der Waals surface area contributed by atoms with Crippen LogP contribution in [0.25, 0.3) is 0 Å². The molecule has 0 saturated carbocycles. The lowest BCUT2D eigenvalue weighted by atomic mass is 9.93. The van der Waals surface area contributed by atoms with Crippen LogP contribution in [0.15, 0.2) is 24.3 Å². The second-order valence-corrected chi connectivity index (χ2v) is 5.32. The molecular weight excluding hydrogens is 224 g/mol. The molecule has 1 aromatic carbocycles. The first-order chi connectivity index (χ1) is 7.52. The van der Waals surface area contributed by atoms with E-state index < -0.39 is 4.87 Å². The number of hydrogen-bond acceptors (Lipinski definition) is 2. The van der Waals surface area contributed by atoms with E-state index in [1.807, 2.05) is 24.3 Å². The van der Waals surface area contributed by atoms with Gasteiger partial charge in [0.05, 0.1) is 0 Å². The summed E-state index contributed by atoms with van der Waals surface area (Å²) in [6.07, 6.45) is 1.04. The zero-order valence-corrected chi connectivity index (χ0v) is 10.3. The van der Waals surface area contributed by atoms with Gasteiger partial charge in [-0.2, -0.15) is 0 Å². The molecule has 16 heavy (non-hydrogen) atoms. The monoisotopic (exact) mass is 238 g/mol. The molecular formula is C13H15ClO2. The lowest BCUT2D eigenvalue weighted by Gasteiger charge is -2.33. The molecule has 0 aromatic heterocycles. The lowest BCUT2D eigenvalue weighted by Crippen LogP contribution is -2.47. The Labute approximate surface area is 101 Å². The third-order valence-corrected chi connectivity index (χ3v) is 3.26. The van der Waals surface area contributed by atoms with Crippen molar-refractivity contribution in [2.75, 3.05) is 6.61 Å². The van der Waals surface area contributed by atoms with Crippen molar-refractivity contribution < 1.29 is 9.53 Å². The summed E-state index contributed by atoms with van der Waals surface area (Å²) < 4.78 is 4.72. The van der Waals surface area contributed by atoms with Gasteiger partial charge in [-0.1, -0.05) is 49.7 Å². The second kappa shape index (κ2) is 4.10. The van der Waals surface area contributed by atoms with Gasteiger partial charge >= 0.3 is 5.97 Å². The van der Waals surface area contributed by atoms with E-state index in [2.05, 4.69) is 13.8 Å². The molecule has 1 fully saturated rings. The number of rotatable bonds is 3. The fraction of sp³-hybridized carbons (Fsp3) is 0.462. The van der Waals surface area contributed by atoms with E-state index in [1.54, 1.807) is 0 Å². The van der Waals surface area contributed by atoms with Gasteiger partial charge in [0.15, 0.2) is 4.87 Å². The van der Waals surface area contributed by atoms with Crippen LogP contribution in [0.5, 0.6) is 0 Å². The zero-order chi connectivity index (χ0) is 11.8. The molecule has 3 heteroatoms. The highest BCUT2D eigenvalue weighted by atomic mass is 35.5. The molecule has 2 rings (SSSR count). The molecule has 1 atom stereocenters. The number of benzene rings is 1. The van der Waals surface area contributed by atoms with Gasteiger partial charge in [-0.3, -0.25) is 0 Å². The van der Waals surface area contributed by atoms with Crippen molar-refractivity contribution in [3.05, 3.63) is 35.4 Å². The quantitative estimate of drug-likeness (QED) is 0.598. The summed E-state index contributed by atoms with van der Waals surface area (Å²) in [5.41, 5.74) is 2.10. The van der Waals surface area contributed by atoms with Gasteiger partial charge in [-0.15, -0.1) is 0 Å². The molecule has 2 nitrogen and oxygen atoms in total. The normalized spacial score (nSPS) is 24.1. The van der Waals surface area contributed by atoms with Crippen LogP contribution in [0.1, 0.15) is 25.0 Å². The average molecular weight is 239 g/mol. The molecule has 0 N–H and O–H groups in total. The Balaban J connectivity index is 2.16. The van der Waals surface area contributed by atoms with Crippen LogP contribution in [0.2, 0.25) is 0 Å². The number of hydrogen-bond donors (Lipinski definition) is 0. The molecule has 1 heterocycles. The predicted molar refractivity (Wildman–Crippen MR) is 63.5 cm³/mol. The molecule has 86 valence electrons. The van der Waals surface area contributed by atoms with Gasteiger partial charge in [0, 0.05) is 0 Å². The van der Waals surface area contributed by atoms with Gasteiger partial charge in [-0.25, -0.2) is 4.79 Å². The van der Waals surface area contributed by atoms with Gasteiger partial charge in [0.2, 0.25) is 0 Å². The average Bonchev–Trinajstić information content (AvgIpc) is 2.26. The fourth-order valence-corrected chi connectivity index (χ4v) is 2.07. The Hall–Kier alpha value is -1.02. The lowest BCUT2D eigenvalue weighted by molar-refractivity contribution is -0.165. The van der Waals surface area contributed by atoms with Crippen LogP contribution in [-0.2, 0) is 20.8 Å². The highest BCUT2D eigenvalue weighted by Gasteiger charge is 2.49. The summed E-state index contributed by atoms with van der Waals surface area (Å²) in [6.45, 7) is 4.64. The maximum Gasteiger partial charge on any atom is 0.335 e. The van der Waals surface area contributed by atoms with E-state index in [-0.39, 0.29) is 12.6 Å². The highest BCUT2D eigenvalue weighted by Crippen LogP contribution is 2.37. The number of alkyl halides is 1. The largest absolute Gasteiger partial charge is 0.461 e. The third kappa shape index (κ3) is 1.94. The minimum absolute atomic E-state index is 0.275. The maximum atomic E-state index is 11.3. The van der Waals surface area contributed by atoms with Crippen molar-refractivity contribution in [3.63, 3.8) is 0 Å². The summed E-state index contributed by atoms with van der Waals surface area (Å²) in [5, 5.41) is 0. The summed E-state index contributed by atoms with van der Waals surface area (Å²) in [4.78, 5) is 10.3. The topological polar surface area (TPSA) is 26.3 Å². The SMILES string of the molecule is CC(C)Cc1ccc(C2(Cl)COC2=O)cc1. The first kappa shape index (κ1) is 11.5. The van der Waals surface area contributed by atoms with Crippen LogP contribution < -0.4 is 0 Å². The number of esters is 1. The molecule has 0 amide bonds. The Kier molecular flexibility index (Phi) is 2.94. The van der Waals surface area contributed by atoms with Crippen molar-refractivity contribution in [1.82, 2.24) is 0 Å². The van der Waals surface area contributed by atoms with Gasteiger partial charge in [0.1, 0.15) is 6.61 Å². The first-order valence-electron chi connectivity index (χ1n) is 5.48. The third-order valence-electron chi connectivity index (χ3n) is 2.78. The Morgan fingerprint density at radius 1 is 1.38 bits per heavy atom. The van der Waals surface area contributed by atoms with Crippen molar-refractivity contribution in [2.45, 2.75) is 25.1 Å². The summed E-state index contributed by atoms with van der Waals surface area (Å²) in [7, 11) is 0. The van der Waals surface area contributed by atoms with E-state index in [0.717, 1.165) is 12.0 Å². The Morgan fingerprint density at radius 3 is 2.38 bits per heavy atom. The number of cyclic esters (lactones) is 1. The van der Waals surface area contributed by atoms with E-state index in [9.17, 15) is 4.79 Å². The van der Waals surface area contributed by atoms with E-state index in [4.69, 9.17) is 16.3 Å². The van der Waals surface area contributed by atoms with Crippen molar-refractivity contribution in [1.29, 1.82) is 0 Å². The van der Waals surface area contributed by atoms with Gasteiger partial charge in [-0.05, 0) is 23.5 Å². The van der Waals surface area contributed by atoms with Crippen LogP contribution >= 0.6 is 11.6 Å². The van der Waals surface area contributed by atoms with E-state index in [0.29, 0.717) is 5.92 Å². The highest BCUT2D eigenvalue weighted by molar-refractivity contribution is 6.35. The molecule has 0 radical (unpaired) electrons. The molecule has 0 spiro atoms. The maximum absolute atomic E-state index is 11.3. The minimum atomic E-state index is -0.934. The van der Waals surface area contributed by atoms with Gasteiger partial charge < -0.3 is 4.74 Å². The second-order valence-electron chi connectivity index (χ2n) is 4.67. The number of halogens is 1. The standard InChI is InChI=1S/C13H15ClO2/c1-9(2)7-10-3-5-11(6-4-10)13(14)8-16-12(13)15/h3-6,9H,7-8H2,1-2H3. The van der Waals surface area contributed by atoms with E-state index in [1.165, 1.54) is 5.56 Å². The van der Waals surface area contributed by atoms with Crippen LogP contribution in [0, 0.1) is 5.92 Å². The summed E-state index contributed by atoms with van der Waals surface area (Å²) in [5.74, 6) is 0.287. The van der Waals surface area contributed by atoms with Crippen molar-refractivity contribution in [3.8, 4) is 0 Å². The zero-order valence-electron chi connectivity index (χ0n) is 9.50. The first-order valence-corrected chi connectivity index (χ1v) is 5.86. The fourth-order valence-electron chi connectivity index (χ4n) is 1.84. The number of carbonyl (C=O) groups excluding carboxylic acids is 1. The molecule has 1 aromatic rings. The molecule has 1 aliphatic rings. The molecule has 0 aliphatic carbocycles. The van der Waals surface area contributed by atoms with Crippen LogP contribution in [0.3, 0.4) is 0 Å². The predicted octanol–water partition coefficient (Wildman–Crippen LogP) is 2.88. The molecule has 0 bridgehead atoms. The Bertz CT molecular complexity index is 397. The smallest absolute Gasteiger partial charge is 0.335 e. The molecule has 1 aliphatic heterocycles. The molecule has 1 unspecified atom stereocenters. The summed E-state index contributed by atoms with van der Waals surface area (Å²) in [6, 6.07) is 7.91. The molecule has 1 saturated heterocycles.